The average molecular weight is 309 g/mol. The van der Waals surface area contributed by atoms with Crippen molar-refractivity contribution in [3.8, 4) is 0 Å². The summed E-state index contributed by atoms with van der Waals surface area (Å²) >= 11 is 0. The first-order chi connectivity index (χ1) is 11.1. The maximum Gasteiger partial charge on any atom is 0.336 e. The molecule has 6 nitrogen and oxygen atoms in total. The van der Waals surface area contributed by atoms with Crippen LogP contribution in [0.2, 0.25) is 0 Å². The van der Waals surface area contributed by atoms with Crippen molar-refractivity contribution in [1.29, 1.82) is 0 Å². The normalized spacial score (nSPS) is 11.5. The third kappa shape index (κ3) is 1.92. The van der Waals surface area contributed by atoms with Crippen molar-refractivity contribution >= 4 is 32.8 Å². The molecule has 0 unspecified atom stereocenters. The second kappa shape index (κ2) is 4.67. The number of aryl methyl sites for hydroxylation is 1. The zero-order chi connectivity index (χ0) is 16.1. The van der Waals surface area contributed by atoms with Gasteiger partial charge in [0, 0.05) is 17.5 Å². The summed E-state index contributed by atoms with van der Waals surface area (Å²) in [5.74, 6) is 0. The molecule has 0 bridgehead atoms. The number of hydrogen-bond acceptors (Lipinski definition) is 5. The average Bonchev–Trinajstić information content (AvgIpc) is 2.53. The summed E-state index contributed by atoms with van der Waals surface area (Å²) in [6.07, 6.45) is 0.524. The molecule has 0 saturated carbocycles. The van der Waals surface area contributed by atoms with Crippen molar-refractivity contribution in [3.63, 3.8) is 0 Å². The van der Waals surface area contributed by atoms with Crippen LogP contribution in [-0.4, -0.2) is 4.98 Å². The molecule has 0 aliphatic heterocycles. The third-order valence-electron chi connectivity index (χ3n) is 3.93. The summed E-state index contributed by atoms with van der Waals surface area (Å²) in [6.45, 7) is 1.86. The van der Waals surface area contributed by atoms with Gasteiger partial charge in [-0.05, 0) is 30.2 Å². The molecule has 0 radical (unpaired) electrons. The number of benzene rings is 1. The van der Waals surface area contributed by atoms with Crippen LogP contribution in [0, 0.1) is 0 Å². The van der Waals surface area contributed by atoms with E-state index in [4.69, 9.17) is 8.83 Å². The van der Waals surface area contributed by atoms with E-state index in [1.165, 1.54) is 12.1 Å². The molecule has 4 aromatic rings. The van der Waals surface area contributed by atoms with Crippen LogP contribution in [0.4, 0.5) is 0 Å². The van der Waals surface area contributed by atoms with E-state index < -0.39 is 11.3 Å². The fourth-order valence-corrected chi connectivity index (χ4v) is 2.93. The van der Waals surface area contributed by atoms with Crippen LogP contribution in [0.3, 0.4) is 0 Å². The van der Waals surface area contributed by atoms with E-state index in [0.717, 1.165) is 0 Å². The molecule has 0 aliphatic rings. The third-order valence-corrected chi connectivity index (χ3v) is 3.93. The van der Waals surface area contributed by atoms with Crippen LogP contribution in [0.15, 0.2) is 53.5 Å². The van der Waals surface area contributed by atoms with Crippen molar-refractivity contribution in [1.82, 2.24) is 4.98 Å². The van der Waals surface area contributed by atoms with Gasteiger partial charge in [-0.1, -0.05) is 6.92 Å². The molecular weight excluding hydrogens is 298 g/mol. The van der Waals surface area contributed by atoms with Crippen LogP contribution in [0.25, 0.3) is 32.8 Å². The maximum absolute atomic E-state index is 12.4. The lowest BCUT2D eigenvalue weighted by Crippen LogP contribution is -2.12. The lowest BCUT2D eigenvalue weighted by atomic mass is 10.0. The van der Waals surface area contributed by atoms with E-state index >= 15 is 0 Å². The van der Waals surface area contributed by atoms with E-state index in [9.17, 15) is 14.4 Å². The standard InChI is InChI=1S/C17H11NO5/c1-2-8-7-13(20)23-16-14(8)17(21)18-10-4-5-11-9(15(10)16)3-6-12(19)22-11/h3-7H,2H2,1H3,(H,18,21). The molecule has 6 heteroatoms. The highest BCUT2D eigenvalue weighted by Gasteiger charge is 2.15. The zero-order valence-corrected chi connectivity index (χ0v) is 12.1. The van der Waals surface area contributed by atoms with Crippen LogP contribution in [0.1, 0.15) is 12.5 Å². The lowest BCUT2D eigenvalue weighted by molar-refractivity contribution is 0.558. The predicted octanol–water partition coefficient (Wildman–Crippen LogP) is 2.30. The molecule has 0 amide bonds. The Balaban J connectivity index is 2.40. The summed E-state index contributed by atoms with van der Waals surface area (Å²) in [4.78, 5) is 38.4. The number of hydrogen-bond donors (Lipinski definition) is 1. The topological polar surface area (TPSA) is 93.3 Å². The first-order valence-corrected chi connectivity index (χ1v) is 7.14. The minimum Gasteiger partial charge on any atom is -0.423 e. The number of aromatic nitrogens is 1. The minimum atomic E-state index is -0.518. The fourth-order valence-electron chi connectivity index (χ4n) is 2.93. The highest BCUT2D eigenvalue weighted by atomic mass is 16.4. The number of rotatable bonds is 1. The second-order valence-corrected chi connectivity index (χ2v) is 5.26. The van der Waals surface area contributed by atoms with Crippen molar-refractivity contribution < 1.29 is 8.83 Å². The molecule has 0 fully saturated rings. The smallest absolute Gasteiger partial charge is 0.336 e. The Kier molecular flexibility index (Phi) is 2.74. The largest absolute Gasteiger partial charge is 0.423 e. The molecule has 23 heavy (non-hydrogen) atoms. The summed E-state index contributed by atoms with van der Waals surface area (Å²) in [6, 6.07) is 7.44. The number of fused-ring (bicyclic) bond motifs is 5. The Morgan fingerprint density at radius 1 is 0.957 bits per heavy atom. The van der Waals surface area contributed by atoms with Gasteiger partial charge in [-0.15, -0.1) is 0 Å². The highest BCUT2D eigenvalue weighted by molar-refractivity contribution is 6.15. The SMILES string of the molecule is CCc1cc(=O)oc2c1c(=O)[nH]c1ccc3oc(=O)ccc3c12. The van der Waals surface area contributed by atoms with Gasteiger partial charge in [0.25, 0.3) is 5.56 Å². The number of pyridine rings is 1. The van der Waals surface area contributed by atoms with Crippen molar-refractivity contribution in [3.05, 3.63) is 67.1 Å². The van der Waals surface area contributed by atoms with Gasteiger partial charge in [0.1, 0.15) is 5.58 Å². The van der Waals surface area contributed by atoms with E-state index in [-0.39, 0.29) is 11.1 Å². The Morgan fingerprint density at radius 3 is 2.57 bits per heavy atom. The van der Waals surface area contributed by atoms with E-state index in [0.29, 0.717) is 39.2 Å². The molecule has 0 spiro atoms. The second-order valence-electron chi connectivity index (χ2n) is 5.26. The fraction of sp³-hybridized carbons (Fsp3) is 0.118. The molecule has 3 heterocycles. The number of nitrogens with one attached hydrogen (secondary N) is 1. The Morgan fingerprint density at radius 2 is 1.78 bits per heavy atom. The van der Waals surface area contributed by atoms with Gasteiger partial charge in [-0.25, -0.2) is 9.59 Å². The van der Waals surface area contributed by atoms with E-state index in [2.05, 4.69) is 4.98 Å². The summed E-state index contributed by atoms with van der Waals surface area (Å²) in [5, 5.41) is 1.49. The highest BCUT2D eigenvalue weighted by Crippen LogP contribution is 2.29. The van der Waals surface area contributed by atoms with Gasteiger partial charge in [0.15, 0.2) is 5.58 Å². The van der Waals surface area contributed by atoms with Crippen LogP contribution in [0.5, 0.6) is 0 Å². The number of aromatic amines is 1. The lowest BCUT2D eigenvalue weighted by Gasteiger charge is -2.07. The van der Waals surface area contributed by atoms with Crippen LogP contribution < -0.4 is 16.8 Å². The monoisotopic (exact) mass is 309 g/mol. The molecule has 4 rings (SSSR count). The van der Waals surface area contributed by atoms with Crippen LogP contribution in [-0.2, 0) is 6.42 Å². The van der Waals surface area contributed by atoms with Gasteiger partial charge in [-0.3, -0.25) is 4.79 Å². The van der Waals surface area contributed by atoms with Crippen molar-refractivity contribution in [2.24, 2.45) is 0 Å². The Hall–Kier alpha value is -3.15. The predicted molar refractivity (Wildman–Crippen MR) is 86.0 cm³/mol. The summed E-state index contributed by atoms with van der Waals surface area (Å²) in [7, 11) is 0. The first kappa shape index (κ1) is 13.5. The van der Waals surface area contributed by atoms with E-state index in [1.54, 1.807) is 18.2 Å². The van der Waals surface area contributed by atoms with Gasteiger partial charge in [-0.2, -0.15) is 0 Å². The first-order valence-electron chi connectivity index (χ1n) is 7.14. The van der Waals surface area contributed by atoms with Gasteiger partial charge in [0.05, 0.1) is 16.3 Å². The van der Waals surface area contributed by atoms with Gasteiger partial charge >= 0.3 is 11.3 Å². The molecule has 0 saturated heterocycles. The molecule has 1 N–H and O–H groups in total. The van der Waals surface area contributed by atoms with Crippen molar-refractivity contribution in [2.45, 2.75) is 13.3 Å². The minimum absolute atomic E-state index is 0.215. The van der Waals surface area contributed by atoms with E-state index in [1.807, 2.05) is 6.92 Å². The molecular formula is C17H11NO5. The van der Waals surface area contributed by atoms with Gasteiger partial charge < -0.3 is 13.8 Å². The Labute approximate surface area is 128 Å². The molecule has 0 aliphatic carbocycles. The van der Waals surface area contributed by atoms with Crippen molar-refractivity contribution in [2.75, 3.05) is 0 Å². The molecule has 114 valence electrons. The number of H-pyrrole nitrogens is 1. The zero-order valence-electron chi connectivity index (χ0n) is 12.1. The quantitative estimate of drug-likeness (QED) is 0.430. The Bertz CT molecular complexity index is 1260. The molecule has 0 atom stereocenters. The van der Waals surface area contributed by atoms with Gasteiger partial charge in [0.2, 0.25) is 0 Å². The summed E-state index contributed by atoms with van der Waals surface area (Å²) < 4.78 is 10.5. The molecule has 3 aromatic heterocycles. The summed E-state index contributed by atoms with van der Waals surface area (Å²) in [5.41, 5.74) is 0.409. The maximum atomic E-state index is 12.4. The molecule has 1 aromatic carbocycles. The van der Waals surface area contributed by atoms with Crippen LogP contribution >= 0.6 is 0 Å².